The zero-order valence-corrected chi connectivity index (χ0v) is 15.7. The molecule has 8 heteroatoms. The second-order valence-corrected chi connectivity index (χ2v) is 6.53. The number of anilines is 2. The predicted octanol–water partition coefficient (Wildman–Crippen LogP) is 4.31. The standard InChI is InChI=1S/C19H15Cl2N3O3/c1-10(18(25)24-15-8-4-6-13(20)16(15)21)27-19(26)12-9-23-14-7-3-2-5-11(14)17(12)22/h2-10H,1H3,(H2,22,23)(H,24,25)/t10-/m0/s1. The third kappa shape index (κ3) is 3.97. The van der Waals surface area contributed by atoms with Crippen LogP contribution < -0.4 is 11.1 Å². The van der Waals surface area contributed by atoms with E-state index in [-0.39, 0.29) is 16.3 Å². The van der Waals surface area contributed by atoms with Crippen LogP contribution in [-0.4, -0.2) is 23.0 Å². The number of carbonyl (C=O) groups is 2. The van der Waals surface area contributed by atoms with Crippen molar-refractivity contribution in [2.75, 3.05) is 11.1 Å². The molecular formula is C19H15Cl2N3O3. The first-order chi connectivity index (χ1) is 12.9. The Morgan fingerprint density at radius 3 is 2.67 bits per heavy atom. The van der Waals surface area contributed by atoms with E-state index in [9.17, 15) is 9.59 Å². The average molecular weight is 404 g/mol. The molecule has 1 aromatic heterocycles. The lowest BCUT2D eigenvalue weighted by atomic mass is 10.1. The summed E-state index contributed by atoms with van der Waals surface area (Å²) in [6.45, 7) is 1.44. The maximum atomic E-state index is 12.4. The number of pyridine rings is 1. The number of nitrogens with zero attached hydrogens (tertiary/aromatic N) is 1. The number of benzene rings is 2. The molecule has 0 spiro atoms. The van der Waals surface area contributed by atoms with Crippen LogP contribution >= 0.6 is 23.2 Å². The van der Waals surface area contributed by atoms with Gasteiger partial charge in [-0.3, -0.25) is 9.78 Å². The van der Waals surface area contributed by atoms with E-state index in [2.05, 4.69) is 10.3 Å². The quantitative estimate of drug-likeness (QED) is 0.632. The molecule has 0 aliphatic carbocycles. The zero-order valence-electron chi connectivity index (χ0n) is 14.2. The van der Waals surface area contributed by atoms with Gasteiger partial charge in [-0.15, -0.1) is 0 Å². The van der Waals surface area contributed by atoms with Gasteiger partial charge in [-0.2, -0.15) is 0 Å². The van der Waals surface area contributed by atoms with Crippen molar-refractivity contribution in [3.8, 4) is 0 Å². The molecule has 1 atom stereocenters. The van der Waals surface area contributed by atoms with Crippen LogP contribution in [0.15, 0.2) is 48.7 Å². The molecule has 0 unspecified atom stereocenters. The summed E-state index contributed by atoms with van der Waals surface area (Å²) in [7, 11) is 0. The topological polar surface area (TPSA) is 94.3 Å². The first-order valence-electron chi connectivity index (χ1n) is 7.97. The zero-order chi connectivity index (χ0) is 19.6. The molecule has 0 saturated heterocycles. The molecule has 1 amide bonds. The van der Waals surface area contributed by atoms with Gasteiger partial charge >= 0.3 is 5.97 Å². The first kappa shape index (κ1) is 18.9. The number of carbonyl (C=O) groups excluding carboxylic acids is 2. The Bertz CT molecular complexity index is 1040. The number of hydrogen-bond donors (Lipinski definition) is 2. The Balaban J connectivity index is 1.74. The Hall–Kier alpha value is -2.83. The Morgan fingerprint density at radius 1 is 1.15 bits per heavy atom. The fourth-order valence-corrected chi connectivity index (χ4v) is 2.79. The van der Waals surface area contributed by atoms with Gasteiger partial charge in [0.05, 0.1) is 26.9 Å². The van der Waals surface area contributed by atoms with Crippen molar-refractivity contribution in [2.45, 2.75) is 13.0 Å². The summed E-state index contributed by atoms with van der Waals surface area (Å²) in [5.74, 6) is -1.30. The Morgan fingerprint density at radius 2 is 1.89 bits per heavy atom. The van der Waals surface area contributed by atoms with Crippen LogP contribution in [0.2, 0.25) is 10.0 Å². The molecule has 0 aliphatic heterocycles. The van der Waals surface area contributed by atoms with Gasteiger partial charge in [0.25, 0.3) is 5.91 Å². The van der Waals surface area contributed by atoms with Crippen molar-refractivity contribution < 1.29 is 14.3 Å². The van der Waals surface area contributed by atoms with Crippen LogP contribution in [0, 0.1) is 0 Å². The summed E-state index contributed by atoms with van der Waals surface area (Å²) >= 11 is 12.0. The summed E-state index contributed by atoms with van der Waals surface area (Å²) < 4.78 is 5.22. The highest BCUT2D eigenvalue weighted by Crippen LogP contribution is 2.29. The maximum absolute atomic E-state index is 12.4. The molecule has 0 saturated carbocycles. The molecule has 0 radical (unpaired) electrons. The number of nitrogens with two attached hydrogens (primary N) is 1. The van der Waals surface area contributed by atoms with Crippen LogP contribution in [0.5, 0.6) is 0 Å². The van der Waals surface area contributed by atoms with E-state index >= 15 is 0 Å². The van der Waals surface area contributed by atoms with E-state index in [0.717, 1.165) is 0 Å². The minimum atomic E-state index is -1.08. The van der Waals surface area contributed by atoms with Gasteiger partial charge in [0.1, 0.15) is 5.56 Å². The second-order valence-electron chi connectivity index (χ2n) is 5.74. The molecule has 0 aliphatic rings. The van der Waals surface area contributed by atoms with E-state index in [4.69, 9.17) is 33.7 Å². The molecule has 27 heavy (non-hydrogen) atoms. The predicted molar refractivity (Wildman–Crippen MR) is 106 cm³/mol. The lowest BCUT2D eigenvalue weighted by molar-refractivity contribution is -0.123. The number of amides is 1. The van der Waals surface area contributed by atoms with Crippen molar-refractivity contribution in [3.05, 3.63) is 64.3 Å². The lowest BCUT2D eigenvalue weighted by Gasteiger charge is -2.15. The molecule has 3 aromatic rings. The van der Waals surface area contributed by atoms with E-state index in [1.54, 1.807) is 36.4 Å². The number of fused-ring (bicyclic) bond motifs is 1. The smallest absolute Gasteiger partial charge is 0.342 e. The van der Waals surface area contributed by atoms with Gasteiger partial charge in [0.2, 0.25) is 0 Å². The van der Waals surface area contributed by atoms with Gasteiger partial charge in [0, 0.05) is 11.6 Å². The second kappa shape index (κ2) is 7.82. The fourth-order valence-electron chi connectivity index (χ4n) is 2.44. The normalized spacial score (nSPS) is 11.8. The third-order valence-corrected chi connectivity index (χ3v) is 4.72. The molecule has 0 bridgehead atoms. The molecule has 3 N–H and O–H groups in total. The van der Waals surface area contributed by atoms with Gasteiger partial charge in [-0.25, -0.2) is 4.79 Å². The maximum Gasteiger partial charge on any atom is 0.342 e. The summed E-state index contributed by atoms with van der Waals surface area (Å²) in [6.07, 6.45) is 0.247. The number of esters is 1. The van der Waals surface area contributed by atoms with Crippen LogP contribution in [0.25, 0.3) is 10.9 Å². The average Bonchev–Trinajstić information content (AvgIpc) is 2.65. The van der Waals surface area contributed by atoms with Crippen molar-refractivity contribution in [3.63, 3.8) is 0 Å². The number of nitrogens with one attached hydrogen (secondary N) is 1. The molecular weight excluding hydrogens is 389 g/mol. The SMILES string of the molecule is C[C@H](OC(=O)c1cnc2ccccc2c1N)C(=O)Nc1cccc(Cl)c1Cl. The molecule has 6 nitrogen and oxygen atoms in total. The van der Waals surface area contributed by atoms with Crippen molar-refractivity contribution in [1.82, 2.24) is 4.98 Å². The number of hydrogen-bond acceptors (Lipinski definition) is 5. The third-order valence-electron chi connectivity index (χ3n) is 3.90. The minimum absolute atomic E-state index is 0.0918. The largest absolute Gasteiger partial charge is 0.449 e. The van der Waals surface area contributed by atoms with Gasteiger partial charge in [-0.05, 0) is 25.1 Å². The fraction of sp³-hybridized carbons (Fsp3) is 0.105. The van der Waals surface area contributed by atoms with Gasteiger partial charge < -0.3 is 15.8 Å². The first-order valence-corrected chi connectivity index (χ1v) is 8.73. The number of aromatic nitrogens is 1. The van der Waals surface area contributed by atoms with Crippen molar-refractivity contribution >= 4 is 57.4 Å². The van der Waals surface area contributed by atoms with E-state index in [1.165, 1.54) is 13.1 Å². The Labute approximate surface area is 165 Å². The molecule has 3 rings (SSSR count). The summed E-state index contributed by atoms with van der Waals surface area (Å²) in [5.41, 5.74) is 7.38. The van der Waals surface area contributed by atoms with Gasteiger partial charge in [-0.1, -0.05) is 47.5 Å². The highest BCUT2D eigenvalue weighted by Gasteiger charge is 2.22. The van der Waals surface area contributed by atoms with Crippen molar-refractivity contribution in [2.24, 2.45) is 0 Å². The highest BCUT2D eigenvalue weighted by atomic mass is 35.5. The molecule has 0 fully saturated rings. The molecule has 138 valence electrons. The summed E-state index contributed by atoms with van der Waals surface area (Å²) in [4.78, 5) is 28.9. The van der Waals surface area contributed by atoms with Crippen LogP contribution in [0.3, 0.4) is 0 Å². The Kier molecular flexibility index (Phi) is 5.48. The van der Waals surface area contributed by atoms with Crippen LogP contribution in [0.1, 0.15) is 17.3 Å². The minimum Gasteiger partial charge on any atom is -0.449 e. The number of ether oxygens (including phenoxy) is 1. The monoisotopic (exact) mass is 403 g/mol. The van der Waals surface area contributed by atoms with Crippen molar-refractivity contribution in [1.29, 1.82) is 0 Å². The number of rotatable bonds is 4. The van der Waals surface area contributed by atoms with Crippen LogP contribution in [-0.2, 0) is 9.53 Å². The number of nitrogen functional groups attached to an aromatic ring is 1. The molecule has 1 heterocycles. The number of halogens is 2. The van der Waals surface area contributed by atoms with E-state index in [1.807, 2.05) is 6.07 Å². The summed E-state index contributed by atoms with van der Waals surface area (Å²) in [6, 6.07) is 12.0. The van der Waals surface area contributed by atoms with Crippen LogP contribution in [0.4, 0.5) is 11.4 Å². The van der Waals surface area contributed by atoms with E-state index in [0.29, 0.717) is 21.6 Å². The van der Waals surface area contributed by atoms with Gasteiger partial charge in [0.15, 0.2) is 6.10 Å². The number of para-hydroxylation sites is 1. The summed E-state index contributed by atoms with van der Waals surface area (Å²) in [5, 5.41) is 3.71. The lowest BCUT2D eigenvalue weighted by Crippen LogP contribution is -2.30. The highest BCUT2D eigenvalue weighted by molar-refractivity contribution is 6.44. The molecule has 2 aromatic carbocycles. The van der Waals surface area contributed by atoms with E-state index < -0.39 is 18.0 Å².